The van der Waals surface area contributed by atoms with Gasteiger partial charge in [-0.3, -0.25) is 0 Å². The van der Waals surface area contributed by atoms with Gasteiger partial charge in [-0.2, -0.15) is 0 Å². The third-order valence-electron chi connectivity index (χ3n) is 6.42. The van der Waals surface area contributed by atoms with E-state index in [-0.39, 0.29) is 0 Å². The van der Waals surface area contributed by atoms with Crippen LogP contribution in [-0.4, -0.2) is 111 Å². The minimum Gasteiger partial charge on any atom is -0.504 e. The van der Waals surface area contributed by atoms with Crippen molar-refractivity contribution in [1.29, 1.82) is 0 Å². The fourth-order valence-corrected chi connectivity index (χ4v) is 4.12. The molecule has 1 heterocycles. The summed E-state index contributed by atoms with van der Waals surface area (Å²) in [6, 6.07) is 3.97. The fraction of sp³-hybridized carbons (Fsp3) is 0.222. The minimum atomic E-state index is -2.17. The molecule has 0 spiro atoms. The highest BCUT2D eigenvalue weighted by molar-refractivity contribution is 5.93. The highest BCUT2D eigenvalue weighted by atomic mass is 16.7. The molecule has 1 aliphatic rings. The molecule has 18 heteroatoms. The predicted octanol–water partition coefficient (Wildman–Crippen LogP) is -0.277. The molecule has 3 aromatic rings. The average molecular weight is 636 g/mol. The second-order valence-corrected chi connectivity index (χ2v) is 9.45. The molecule has 0 aliphatic carbocycles. The van der Waals surface area contributed by atoms with E-state index in [2.05, 4.69) is 0 Å². The summed E-state index contributed by atoms with van der Waals surface area (Å²) in [6.45, 7) is -1.01. The lowest BCUT2D eigenvalue weighted by atomic mass is 9.98. The van der Waals surface area contributed by atoms with Crippen molar-refractivity contribution in [2.45, 2.75) is 30.7 Å². The number of hydrogen-bond acceptors (Lipinski definition) is 18. The Kier molecular flexibility index (Phi) is 8.84. The molecular formula is C27H24O18. The Morgan fingerprint density at radius 3 is 1.20 bits per heavy atom. The van der Waals surface area contributed by atoms with Crippen molar-refractivity contribution < 1.29 is 89.5 Å². The number of aliphatic hydroxyl groups excluding tert-OH is 2. The van der Waals surface area contributed by atoms with E-state index in [4.69, 9.17) is 18.9 Å². The lowest BCUT2D eigenvalue weighted by Gasteiger charge is -2.42. The second-order valence-electron chi connectivity index (χ2n) is 9.45. The average Bonchev–Trinajstić information content (AvgIpc) is 2.99. The number of ether oxygens (including phenoxy) is 4. The first-order valence-corrected chi connectivity index (χ1v) is 12.4. The van der Waals surface area contributed by atoms with Gasteiger partial charge in [0.1, 0.15) is 12.2 Å². The van der Waals surface area contributed by atoms with Gasteiger partial charge in [-0.1, -0.05) is 0 Å². The molecule has 0 unspecified atom stereocenters. The van der Waals surface area contributed by atoms with E-state index in [1.807, 2.05) is 0 Å². The van der Waals surface area contributed by atoms with Gasteiger partial charge in [0.15, 0.2) is 57.8 Å². The van der Waals surface area contributed by atoms with Gasteiger partial charge in [-0.15, -0.1) is 0 Å². The van der Waals surface area contributed by atoms with Crippen LogP contribution in [0.2, 0.25) is 0 Å². The van der Waals surface area contributed by atoms with E-state index < -0.39 is 124 Å². The first-order chi connectivity index (χ1) is 21.1. The zero-order valence-corrected chi connectivity index (χ0v) is 22.3. The van der Waals surface area contributed by atoms with E-state index in [0.717, 1.165) is 0 Å². The number of esters is 3. The molecule has 3 aromatic carbocycles. The van der Waals surface area contributed by atoms with Gasteiger partial charge in [0.2, 0.25) is 12.4 Å². The van der Waals surface area contributed by atoms with E-state index in [9.17, 15) is 70.6 Å². The largest absolute Gasteiger partial charge is 0.504 e. The van der Waals surface area contributed by atoms with Crippen molar-refractivity contribution in [1.82, 2.24) is 0 Å². The highest BCUT2D eigenvalue weighted by Gasteiger charge is 2.52. The van der Waals surface area contributed by atoms with Crippen molar-refractivity contribution in [3.63, 3.8) is 0 Å². The maximum Gasteiger partial charge on any atom is 0.340 e. The molecule has 45 heavy (non-hydrogen) atoms. The smallest absolute Gasteiger partial charge is 0.340 e. The van der Waals surface area contributed by atoms with Crippen LogP contribution in [0.4, 0.5) is 0 Å². The number of rotatable bonds is 7. The van der Waals surface area contributed by atoms with Crippen LogP contribution in [0, 0.1) is 0 Å². The van der Waals surface area contributed by atoms with Gasteiger partial charge in [0.25, 0.3) is 0 Å². The summed E-state index contributed by atoms with van der Waals surface area (Å²) < 4.78 is 21.1. The lowest BCUT2D eigenvalue weighted by Crippen LogP contribution is -2.62. The maximum atomic E-state index is 13.1. The molecule has 0 amide bonds. The van der Waals surface area contributed by atoms with Crippen LogP contribution >= 0.6 is 0 Å². The van der Waals surface area contributed by atoms with Gasteiger partial charge >= 0.3 is 17.9 Å². The molecule has 0 bridgehead atoms. The molecule has 1 fully saturated rings. The van der Waals surface area contributed by atoms with E-state index >= 15 is 0 Å². The quantitative estimate of drug-likeness (QED) is 0.0902. The van der Waals surface area contributed by atoms with Crippen LogP contribution in [-0.2, 0) is 18.9 Å². The monoisotopic (exact) mass is 636 g/mol. The van der Waals surface area contributed by atoms with Crippen molar-refractivity contribution in [3.05, 3.63) is 53.1 Å². The number of phenols is 9. The first-order valence-electron chi connectivity index (χ1n) is 12.4. The van der Waals surface area contributed by atoms with Crippen molar-refractivity contribution >= 4 is 17.9 Å². The van der Waals surface area contributed by atoms with E-state index in [1.54, 1.807) is 0 Å². The molecule has 11 N–H and O–H groups in total. The highest BCUT2D eigenvalue weighted by Crippen LogP contribution is 2.39. The molecule has 0 radical (unpaired) electrons. The number of aromatic hydroxyl groups is 9. The molecule has 0 aromatic heterocycles. The van der Waals surface area contributed by atoms with E-state index in [1.165, 1.54) is 0 Å². The third kappa shape index (κ3) is 6.42. The lowest BCUT2D eigenvalue weighted by molar-refractivity contribution is -0.283. The topological polar surface area (TPSA) is 311 Å². The summed E-state index contributed by atoms with van der Waals surface area (Å²) in [4.78, 5) is 39.0. The molecule has 240 valence electrons. The summed E-state index contributed by atoms with van der Waals surface area (Å²) >= 11 is 0. The maximum absolute atomic E-state index is 13.1. The van der Waals surface area contributed by atoms with Crippen molar-refractivity contribution in [2.24, 2.45) is 0 Å². The summed E-state index contributed by atoms with van der Waals surface area (Å²) in [5.74, 6) is -13.0. The Bertz CT molecular complexity index is 1580. The second kappa shape index (κ2) is 12.4. The van der Waals surface area contributed by atoms with Crippen LogP contribution in [0.5, 0.6) is 51.7 Å². The molecule has 4 rings (SSSR count). The predicted molar refractivity (Wildman–Crippen MR) is 140 cm³/mol. The zero-order valence-electron chi connectivity index (χ0n) is 22.3. The standard InChI is InChI=1S/C27H24O18/c28-7-17-21(38)22(43-24(39)8-1-11(29)18(35)12(30)2-8)23(44-25(40)9-3-13(31)19(36)14(32)4-9)27(42-17)45-26(41)10-5-15(33)20(37)16(34)6-10/h1-6,17,21-23,27-38H,7H2/t17-,21-,22-,23-,27-/m1/s1. The van der Waals surface area contributed by atoms with Crippen LogP contribution in [0.15, 0.2) is 36.4 Å². The van der Waals surface area contributed by atoms with Crippen LogP contribution in [0.1, 0.15) is 31.1 Å². The van der Waals surface area contributed by atoms with Gasteiger partial charge in [-0.05, 0) is 36.4 Å². The number of phenolic OH excluding ortho intramolecular Hbond substituents is 9. The first kappa shape index (κ1) is 32.1. The minimum absolute atomic E-state index is 0.597. The third-order valence-corrected chi connectivity index (χ3v) is 6.42. The molecular weight excluding hydrogens is 612 g/mol. The summed E-state index contributed by atoms with van der Waals surface area (Å²) in [5.41, 5.74) is -1.83. The summed E-state index contributed by atoms with van der Waals surface area (Å²) in [6.07, 6.45) is -10.2. The van der Waals surface area contributed by atoms with Crippen molar-refractivity contribution in [2.75, 3.05) is 6.61 Å². The Labute approximate surface area is 249 Å². The van der Waals surface area contributed by atoms with Crippen molar-refractivity contribution in [3.8, 4) is 51.7 Å². The fourth-order valence-electron chi connectivity index (χ4n) is 4.12. The van der Waals surface area contributed by atoms with Crippen LogP contribution in [0.25, 0.3) is 0 Å². The number of hydrogen-bond donors (Lipinski definition) is 11. The van der Waals surface area contributed by atoms with Gasteiger partial charge in [-0.25, -0.2) is 14.4 Å². The molecule has 1 saturated heterocycles. The normalized spacial score (nSPS) is 21.1. The van der Waals surface area contributed by atoms with E-state index in [0.29, 0.717) is 36.4 Å². The number of benzene rings is 3. The molecule has 1 aliphatic heterocycles. The molecule has 0 saturated carbocycles. The van der Waals surface area contributed by atoms with Crippen LogP contribution in [0.3, 0.4) is 0 Å². The zero-order chi connectivity index (χ0) is 33.3. The summed E-state index contributed by atoms with van der Waals surface area (Å²) in [5, 5.41) is 108. The van der Waals surface area contributed by atoms with Gasteiger partial charge in [0, 0.05) is 0 Å². The Hall–Kier alpha value is -5.85. The Morgan fingerprint density at radius 2 is 0.867 bits per heavy atom. The number of carbonyl (C=O) groups excluding carboxylic acids is 3. The molecule has 18 nitrogen and oxygen atoms in total. The SMILES string of the molecule is O=C(O[C@H]1O[C@H](CO)[C@@H](O)[C@@H](OC(=O)c2cc(O)c(O)c(O)c2)[C@H]1OC(=O)c1cc(O)c(O)c(O)c1)c1cc(O)c(O)c(O)c1. The van der Waals surface area contributed by atoms with Gasteiger partial charge < -0.3 is 75.1 Å². The molecule has 5 atom stereocenters. The Balaban J connectivity index is 1.74. The number of aliphatic hydroxyl groups is 2. The summed E-state index contributed by atoms with van der Waals surface area (Å²) in [7, 11) is 0. The van der Waals surface area contributed by atoms with Gasteiger partial charge in [0.05, 0.1) is 23.3 Å². The van der Waals surface area contributed by atoms with Crippen LogP contribution < -0.4 is 0 Å². The number of carbonyl (C=O) groups is 3. The Morgan fingerprint density at radius 1 is 0.556 bits per heavy atom.